The number of benzene rings is 1. The summed E-state index contributed by atoms with van der Waals surface area (Å²) in [6.07, 6.45) is 3.79. The molecular formula is C22H31N3O5S2. The summed E-state index contributed by atoms with van der Waals surface area (Å²) in [5.41, 5.74) is 7.94. The van der Waals surface area contributed by atoms with Crippen LogP contribution in [-0.4, -0.2) is 64.2 Å². The standard InChI is InChI=1S/C22H31N3O5S2/c23-10-2-1-4-16(20(26)25-11-3-5-18(25)22(29)30)24-17(21(27)28)8-6-14-7-9-19-15(12-14)13-31-32-19/h7,9,12,16-18,24H,1-6,8,10-11,13,23H2,(H,27,28)(H,29,30)/t16-,17-,18-/m0/s1. The summed E-state index contributed by atoms with van der Waals surface area (Å²) in [5, 5.41) is 22.3. The number of carbonyl (C=O) groups is 3. The number of nitrogens with zero attached hydrogens (tertiary/aromatic N) is 1. The molecule has 2 aliphatic rings. The first-order valence-electron chi connectivity index (χ1n) is 11.0. The van der Waals surface area contributed by atoms with Crippen LogP contribution in [0.25, 0.3) is 0 Å². The molecule has 3 rings (SSSR count). The normalized spacial score (nSPS) is 19.5. The highest BCUT2D eigenvalue weighted by Gasteiger charge is 2.38. The summed E-state index contributed by atoms with van der Waals surface area (Å²) in [6, 6.07) is 3.76. The molecule has 1 amide bonds. The Balaban J connectivity index is 1.67. The zero-order valence-electron chi connectivity index (χ0n) is 18.0. The van der Waals surface area contributed by atoms with Crippen LogP contribution >= 0.6 is 21.6 Å². The van der Waals surface area contributed by atoms with Gasteiger partial charge in [0.25, 0.3) is 0 Å². The van der Waals surface area contributed by atoms with Crippen molar-refractivity contribution in [3.63, 3.8) is 0 Å². The smallest absolute Gasteiger partial charge is 0.326 e. The lowest BCUT2D eigenvalue weighted by Crippen LogP contribution is -2.54. The number of likely N-dealkylation sites (tertiary alicyclic amines) is 1. The van der Waals surface area contributed by atoms with Crippen LogP contribution in [0.4, 0.5) is 0 Å². The Morgan fingerprint density at radius 2 is 2.00 bits per heavy atom. The van der Waals surface area contributed by atoms with Gasteiger partial charge in [0.2, 0.25) is 5.91 Å². The summed E-state index contributed by atoms with van der Waals surface area (Å²) in [5.74, 6) is -1.40. The van der Waals surface area contributed by atoms with Crippen molar-refractivity contribution in [2.75, 3.05) is 13.1 Å². The maximum Gasteiger partial charge on any atom is 0.326 e. The number of carboxylic acid groups (broad SMARTS) is 2. The van der Waals surface area contributed by atoms with Crippen molar-refractivity contribution in [3.8, 4) is 0 Å². The molecule has 176 valence electrons. The van der Waals surface area contributed by atoms with Gasteiger partial charge in [-0.15, -0.1) is 0 Å². The van der Waals surface area contributed by atoms with E-state index < -0.39 is 30.1 Å². The van der Waals surface area contributed by atoms with E-state index >= 15 is 0 Å². The number of hydrogen-bond acceptors (Lipinski definition) is 7. The lowest BCUT2D eigenvalue weighted by atomic mass is 10.0. The molecule has 0 unspecified atom stereocenters. The van der Waals surface area contributed by atoms with Crippen molar-refractivity contribution < 1.29 is 24.6 Å². The minimum atomic E-state index is -1.01. The van der Waals surface area contributed by atoms with Crippen molar-refractivity contribution in [3.05, 3.63) is 29.3 Å². The van der Waals surface area contributed by atoms with E-state index in [9.17, 15) is 24.6 Å². The molecule has 0 aromatic heterocycles. The number of nitrogens with one attached hydrogen (secondary N) is 1. The number of carboxylic acids is 2. The minimum Gasteiger partial charge on any atom is -0.480 e. The molecule has 1 aromatic rings. The number of aryl methyl sites for hydroxylation is 1. The monoisotopic (exact) mass is 481 g/mol. The Hall–Kier alpha value is -1.75. The third-order valence-corrected chi connectivity index (χ3v) is 8.35. The molecule has 3 atom stereocenters. The van der Waals surface area contributed by atoms with Crippen LogP contribution in [0.2, 0.25) is 0 Å². The van der Waals surface area contributed by atoms with Crippen LogP contribution in [0, 0.1) is 0 Å². The lowest BCUT2D eigenvalue weighted by Gasteiger charge is -2.29. The van der Waals surface area contributed by atoms with Crippen LogP contribution in [-0.2, 0) is 26.6 Å². The van der Waals surface area contributed by atoms with E-state index in [2.05, 4.69) is 17.4 Å². The largest absolute Gasteiger partial charge is 0.480 e. The van der Waals surface area contributed by atoms with Crippen LogP contribution < -0.4 is 11.1 Å². The van der Waals surface area contributed by atoms with E-state index in [0.29, 0.717) is 51.6 Å². The van der Waals surface area contributed by atoms with Gasteiger partial charge >= 0.3 is 11.9 Å². The van der Waals surface area contributed by atoms with Crippen molar-refractivity contribution in [1.82, 2.24) is 10.2 Å². The first-order chi connectivity index (χ1) is 15.4. The zero-order valence-corrected chi connectivity index (χ0v) is 19.6. The van der Waals surface area contributed by atoms with Crippen LogP contribution in [0.3, 0.4) is 0 Å². The highest BCUT2D eigenvalue weighted by molar-refractivity contribution is 8.76. The van der Waals surface area contributed by atoms with Gasteiger partial charge in [-0.3, -0.25) is 14.9 Å². The summed E-state index contributed by atoms with van der Waals surface area (Å²) >= 11 is 0. The van der Waals surface area contributed by atoms with E-state index in [0.717, 1.165) is 17.7 Å². The van der Waals surface area contributed by atoms with Gasteiger partial charge in [-0.05, 0) is 62.3 Å². The fourth-order valence-corrected chi connectivity index (χ4v) is 6.66. The second-order valence-electron chi connectivity index (χ2n) is 8.25. The Morgan fingerprint density at radius 1 is 1.19 bits per heavy atom. The summed E-state index contributed by atoms with van der Waals surface area (Å²) in [6.45, 7) is 0.868. The fourth-order valence-electron chi connectivity index (χ4n) is 4.23. The number of rotatable bonds is 12. The molecule has 1 aromatic carbocycles. The molecule has 0 aliphatic carbocycles. The molecule has 1 fully saturated rings. The number of fused-ring (bicyclic) bond motifs is 1. The molecule has 32 heavy (non-hydrogen) atoms. The summed E-state index contributed by atoms with van der Waals surface area (Å²) in [7, 11) is 3.55. The van der Waals surface area contributed by atoms with Crippen molar-refractivity contribution in [2.24, 2.45) is 5.73 Å². The molecule has 2 heterocycles. The summed E-state index contributed by atoms with van der Waals surface area (Å²) < 4.78 is 0. The van der Waals surface area contributed by atoms with Crippen LogP contribution in [0.5, 0.6) is 0 Å². The topological polar surface area (TPSA) is 133 Å². The number of aliphatic carboxylic acids is 2. The molecule has 0 bridgehead atoms. The second kappa shape index (κ2) is 11.9. The van der Waals surface area contributed by atoms with Gasteiger partial charge in [0.05, 0.1) is 6.04 Å². The van der Waals surface area contributed by atoms with Gasteiger partial charge < -0.3 is 20.8 Å². The van der Waals surface area contributed by atoms with Crippen LogP contribution in [0.1, 0.15) is 49.7 Å². The Bertz CT molecular complexity index is 838. The van der Waals surface area contributed by atoms with Gasteiger partial charge in [-0.1, -0.05) is 40.1 Å². The average Bonchev–Trinajstić information content (AvgIpc) is 3.44. The number of carbonyl (C=O) groups excluding carboxylic acids is 1. The number of unbranched alkanes of at least 4 members (excludes halogenated alkanes) is 1. The van der Waals surface area contributed by atoms with E-state index in [1.165, 1.54) is 15.4 Å². The van der Waals surface area contributed by atoms with Crippen molar-refractivity contribution in [1.29, 1.82) is 0 Å². The maximum atomic E-state index is 13.2. The highest BCUT2D eigenvalue weighted by Crippen LogP contribution is 2.44. The molecule has 10 heteroatoms. The maximum absolute atomic E-state index is 13.2. The Morgan fingerprint density at radius 3 is 2.72 bits per heavy atom. The number of hydrogen-bond donors (Lipinski definition) is 4. The third-order valence-electron chi connectivity index (χ3n) is 5.98. The molecule has 0 radical (unpaired) electrons. The molecule has 2 aliphatic heterocycles. The average molecular weight is 482 g/mol. The Labute approximate surface area is 196 Å². The van der Waals surface area contributed by atoms with E-state index in [4.69, 9.17) is 5.73 Å². The molecule has 1 saturated heterocycles. The molecule has 0 saturated carbocycles. The number of amides is 1. The van der Waals surface area contributed by atoms with Gasteiger partial charge in [0.1, 0.15) is 12.1 Å². The van der Waals surface area contributed by atoms with Crippen molar-refractivity contribution >= 4 is 39.4 Å². The van der Waals surface area contributed by atoms with Gasteiger partial charge in [0.15, 0.2) is 0 Å². The molecule has 5 N–H and O–H groups in total. The van der Waals surface area contributed by atoms with E-state index in [1.807, 2.05) is 6.07 Å². The van der Waals surface area contributed by atoms with Gasteiger partial charge in [0, 0.05) is 17.2 Å². The lowest BCUT2D eigenvalue weighted by molar-refractivity contribution is -0.149. The second-order valence-corrected chi connectivity index (χ2v) is 10.6. The Kier molecular flexibility index (Phi) is 9.27. The first-order valence-corrected chi connectivity index (χ1v) is 13.4. The molecule has 0 spiro atoms. The third kappa shape index (κ3) is 6.40. The van der Waals surface area contributed by atoms with Crippen molar-refractivity contribution in [2.45, 2.75) is 73.7 Å². The van der Waals surface area contributed by atoms with E-state index in [-0.39, 0.29) is 5.91 Å². The fraction of sp³-hybridized carbons (Fsp3) is 0.591. The minimum absolute atomic E-state index is 0.329. The number of nitrogens with two attached hydrogens (primary N) is 1. The SMILES string of the molecule is NCCCC[C@H](N[C@@H](CCc1ccc2c(c1)CSS2)C(=O)O)C(=O)N1CCC[C@H]1C(=O)O. The highest BCUT2D eigenvalue weighted by atomic mass is 33.1. The first kappa shape index (κ1) is 24.9. The molecule has 8 nitrogen and oxygen atoms in total. The predicted octanol–water partition coefficient (Wildman–Crippen LogP) is 2.49. The summed E-state index contributed by atoms with van der Waals surface area (Å²) in [4.78, 5) is 39.4. The quantitative estimate of drug-likeness (QED) is 0.262. The molecular weight excluding hydrogens is 450 g/mol. The van der Waals surface area contributed by atoms with Crippen LogP contribution in [0.15, 0.2) is 23.1 Å². The van der Waals surface area contributed by atoms with Gasteiger partial charge in [-0.2, -0.15) is 0 Å². The predicted molar refractivity (Wildman–Crippen MR) is 126 cm³/mol. The van der Waals surface area contributed by atoms with Gasteiger partial charge in [-0.25, -0.2) is 4.79 Å². The van der Waals surface area contributed by atoms with E-state index in [1.54, 1.807) is 21.6 Å². The zero-order chi connectivity index (χ0) is 23.1.